The third kappa shape index (κ3) is 2.94. The van der Waals surface area contributed by atoms with Crippen LogP contribution in [0, 0.1) is 6.92 Å². The fraction of sp³-hybridized carbons (Fsp3) is 0.176. The van der Waals surface area contributed by atoms with E-state index < -0.39 is 0 Å². The molecule has 0 bridgehead atoms. The lowest BCUT2D eigenvalue weighted by Gasteiger charge is -2.10. The van der Waals surface area contributed by atoms with Gasteiger partial charge in [0, 0.05) is 5.69 Å². The summed E-state index contributed by atoms with van der Waals surface area (Å²) in [7, 11) is 0. The number of hydrogen-bond donors (Lipinski definition) is 1. The number of aromatic nitrogens is 1. The van der Waals surface area contributed by atoms with Gasteiger partial charge in [-0.25, -0.2) is 4.98 Å². The van der Waals surface area contributed by atoms with Crippen molar-refractivity contribution in [3.63, 3.8) is 0 Å². The number of amides is 1. The highest BCUT2D eigenvalue weighted by Gasteiger charge is 2.12. The van der Waals surface area contributed by atoms with E-state index in [0.29, 0.717) is 17.9 Å². The number of anilines is 1. The Hall–Kier alpha value is -2.40. The molecule has 0 aliphatic heterocycles. The van der Waals surface area contributed by atoms with Crippen molar-refractivity contribution in [2.45, 2.75) is 13.8 Å². The molecule has 0 unspecified atom stereocenters. The number of benzene rings is 2. The molecule has 1 amide bonds. The van der Waals surface area contributed by atoms with Gasteiger partial charge in [0.05, 0.1) is 27.4 Å². The van der Waals surface area contributed by atoms with Crippen LogP contribution < -0.4 is 10.1 Å². The van der Waals surface area contributed by atoms with Crippen molar-refractivity contribution >= 4 is 33.1 Å². The Bertz CT molecular complexity index is 826. The third-order valence-electron chi connectivity index (χ3n) is 3.18. The van der Waals surface area contributed by atoms with Gasteiger partial charge in [0.15, 0.2) is 0 Å². The molecule has 3 aromatic rings. The fourth-order valence-corrected chi connectivity index (χ4v) is 3.12. The predicted octanol–water partition coefficient (Wildman–Crippen LogP) is 4.26. The second kappa shape index (κ2) is 6.15. The molecule has 0 saturated heterocycles. The summed E-state index contributed by atoms with van der Waals surface area (Å²) in [5.41, 5.74) is 2.24. The van der Waals surface area contributed by atoms with Crippen LogP contribution >= 0.6 is 11.3 Å². The molecule has 0 fully saturated rings. The number of nitrogens with one attached hydrogen (secondary N) is 1. The van der Waals surface area contributed by atoms with Gasteiger partial charge in [-0.2, -0.15) is 0 Å². The van der Waals surface area contributed by atoms with Gasteiger partial charge in [0.2, 0.25) is 0 Å². The predicted molar refractivity (Wildman–Crippen MR) is 89.9 cm³/mol. The molecule has 0 saturated carbocycles. The molecule has 5 heteroatoms. The van der Waals surface area contributed by atoms with Gasteiger partial charge in [0.25, 0.3) is 5.91 Å². The number of nitrogens with zero attached hydrogens (tertiary/aromatic N) is 1. The van der Waals surface area contributed by atoms with E-state index in [1.807, 2.05) is 44.2 Å². The summed E-state index contributed by atoms with van der Waals surface area (Å²) in [6.45, 7) is 4.40. The van der Waals surface area contributed by atoms with Crippen LogP contribution in [0.4, 0.5) is 5.69 Å². The molecule has 1 aromatic heterocycles. The second-order valence-corrected chi connectivity index (χ2v) is 6.03. The maximum atomic E-state index is 12.4. The number of para-hydroxylation sites is 1. The first-order valence-electron chi connectivity index (χ1n) is 7.07. The van der Waals surface area contributed by atoms with E-state index in [1.54, 1.807) is 23.5 Å². The van der Waals surface area contributed by atoms with E-state index in [9.17, 15) is 4.79 Å². The molecule has 0 aliphatic rings. The van der Waals surface area contributed by atoms with E-state index in [4.69, 9.17) is 4.74 Å². The van der Waals surface area contributed by atoms with Gasteiger partial charge < -0.3 is 10.1 Å². The summed E-state index contributed by atoms with van der Waals surface area (Å²) in [5, 5.41) is 3.93. The summed E-state index contributed by atoms with van der Waals surface area (Å²) in [6, 6.07) is 13.0. The molecule has 3 rings (SSSR count). The van der Waals surface area contributed by atoms with Gasteiger partial charge in [-0.1, -0.05) is 12.1 Å². The first-order valence-corrected chi connectivity index (χ1v) is 7.89. The Morgan fingerprint density at radius 2 is 2.09 bits per heavy atom. The average molecular weight is 312 g/mol. The van der Waals surface area contributed by atoms with E-state index in [0.717, 1.165) is 20.9 Å². The zero-order chi connectivity index (χ0) is 15.5. The molecule has 0 spiro atoms. The molecule has 0 radical (unpaired) electrons. The van der Waals surface area contributed by atoms with Crippen molar-refractivity contribution in [3.8, 4) is 5.75 Å². The van der Waals surface area contributed by atoms with Crippen LogP contribution in [0.2, 0.25) is 0 Å². The monoisotopic (exact) mass is 312 g/mol. The normalized spacial score (nSPS) is 10.6. The average Bonchev–Trinajstić information content (AvgIpc) is 2.87. The lowest BCUT2D eigenvalue weighted by Crippen LogP contribution is -2.13. The quantitative estimate of drug-likeness (QED) is 0.783. The van der Waals surface area contributed by atoms with Crippen LogP contribution in [0.5, 0.6) is 5.75 Å². The Morgan fingerprint density at radius 3 is 2.91 bits per heavy atom. The van der Waals surface area contributed by atoms with Gasteiger partial charge >= 0.3 is 0 Å². The molecule has 1 N–H and O–H groups in total. The molecule has 0 aliphatic carbocycles. The molecule has 22 heavy (non-hydrogen) atoms. The van der Waals surface area contributed by atoms with Crippen molar-refractivity contribution in [2.24, 2.45) is 0 Å². The zero-order valence-electron chi connectivity index (χ0n) is 12.4. The van der Waals surface area contributed by atoms with Gasteiger partial charge in [0.1, 0.15) is 5.75 Å². The smallest absolute Gasteiger partial charge is 0.259 e. The molecule has 0 atom stereocenters. The molecular formula is C17H16N2O2S. The van der Waals surface area contributed by atoms with E-state index in [-0.39, 0.29) is 5.91 Å². The topological polar surface area (TPSA) is 51.2 Å². The largest absolute Gasteiger partial charge is 0.493 e. The van der Waals surface area contributed by atoms with E-state index in [1.165, 1.54) is 0 Å². The standard InChI is InChI=1S/C17H16N2O2S/c1-3-21-15-7-5-4-6-13(15)17(20)19-12-8-9-14-16(10-12)22-11(2)18-14/h4-10H,3H2,1-2H3,(H,19,20). The van der Waals surface area contributed by atoms with E-state index in [2.05, 4.69) is 10.3 Å². The second-order valence-electron chi connectivity index (χ2n) is 4.80. The Balaban J connectivity index is 1.86. The minimum absolute atomic E-state index is 0.176. The number of hydrogen-bond acceptors (Lipinski definition) is 4. The van der Waals surface area contributed by atoms with Crippen molar-refractivity contribution in [1.82, 2.24) is 4.98 Å². The Kier molecular flexibility index (Phi) is 4.06. The first kappa shape index (κ1) is 14.5. The Morgan fingerprint density at radius 1 is 1.27 bits per heavy atom. The molecular weight excluding hydrogens is 296 g/mol. The van der Waals surface area contributed by atoms with Crippen molar-refractivity contribution in [1.29, 1.82) is 0 Å². The summed E-state index contributed by atoms with van der Waals surface area (Å²) in [6.07, 6.45) is 0. The highest BCUT2D eigenvalue weighted by molar-refractivity contribution is 7.18. The highest BCUT2D eigenvalue weighted by Crippen LogP contribution is 2.26. The van der Waals surface area contributed by atoms with Gasteiger partial charge in [-0.15, -0.1) is 11.3 Å². The first-order chi connectivity index (χ1) is 10.7. The summed E-state index contributed by atoms with van der Waals surface area (Å²) >= 11 is 1.61. The number of rotatable bonds is 4. The van der Waals surface area contributed by atoms with Crippen LogP contribution in [0.1, 0.15) is 22.3 Å². The zero-order valence-corrected chi connectivity index (χ0v) is 13.2. The summed E-state index contributed by atoms with van der Waals surface area (Å²) in [4.78, 5) is 16.9. The van der Waals surface area contributed by atoms with Crippen molar-refractivity contribution in [2.75, 3.05) is 11.9 Å². The number of fused-ring (bicyclic) bond motifs is 1. The van der Waals surface area contributed by atoms with Crippen LogP contribution in [0.15, 0.2) is 42.5 Å². The minimum atomic E-state index is -0.176. The molecule has 1 heterocycles. The molecule has 112 valence electrons. The van der Waals surface area contributed by atoms with Gasteiger partial charge in [-0.3, -0.25) is 4.79 Å². The van der Waals surface area contributed by atoms with Crippen molar-refractivity contribution < 1.29 is 9.53 Å². The number of carbonyl (C=O) groups excluding carboxylic acids is 1. The number of thiazole rings is 1. The van der Waals surface area contributed by atoms with Crippen LogP contribution in [0.3, 0.4) is 0 Å². The minimum Gasteiger partial charge on any atom is -0.493 e. The fourth-order valence-electron chi connectivity index (χ4n) is 2.25. The number of ether oxygens (including phenoxy) is 1. The summed E-state index contributed by atoms with van der Waals surface area (Å²) in [5.74, 6) is 0.418. The molecule has 4 nitrogen and oxygen atoms in total. The van der Waals surface area contributed by atoms with Crippen LogP contribution in [0.25, 0.3) is 10.2 Å². The van der Waals surface area contributed by atoms with Crippen LogP contribution in [-0.4, -0.2) is 17.5 Å². The number of aryl methyl sites for hydroxylation is 1. The number of carbonyl (C=O) groups is 1. The molecule has 2 aromatic carbocycles. The maximum Gasteiger partial charge on any atom is 0.259 e. The van der Waals surface area contributed by atoms with E-state index >= 15 is 0 Å². The highest BCUT2D eigenvalue weighted by atomic mass is 32.1. The van der Waals surface area contributed by atoms with Gasteiger partial charge in [-0.05, 0) is 44.2 Å². The van der Waals surface area contributed by atoms with Crippen molar-refractivity contribution in [3.05, 3.63) is 53.0 Å². The SMILES string of the molecule is CCOc1ccccc1C(=O)Nc1ccc2nc(C)sc2c1. The maximum absolute atomic E-state index is 12.4. The lowest BCUT2D eigenvalue weighted by molar-refractivity contribution is 0.102. The summed E-state index contributed by atoms with van der Waals surface area (Å²) < 4.78 is 6.56. The third-order valence-corrected chi connectivity index (χ3v) is 4.12. The van der Waals surface area contributed by atoms with Crippen LogP contribution in [-0.2, 0) is 0 Å². The lowest BCUT2D eigenvalue weighted by atomic mass is 10.2. The Labute approximate surface area is 132 Å².